The fraction of sp³-hybridized carbons (Fsp3) is 0.643. The Morgan fingerprint density at radius 3 is 2.83 bits per heavy atom. The van der Waals surface area contributed by atoms with Crippen LogP contribution in [0.5, 0.6) is 0 Å². The first-order chi connectivity index (χ1) is 8.43. The topological polar surface area (TPSA) is 44.8 Å². The van der Waals surface area contributed by atoms with Crippen molar-refractivity contribution in [3.63, 3.8) is 0 Å². The number of hydrogen-bond donors (Lipinski definition) is 0. The van der Waals surface area contributed by atoms with Crippen molar-refractivity contribution in [3.8, 4) is 12.3 Å². The Balaban J connectivity index is 2.29. The molecule has 2 aliphatic heterocycles. The van der Waals surface area contributed by atoms with Crippen LogP contribution in [0.25, 0.3) is 0 Å². The zero-order valence-corrected chi connectivity index (χ0v) is 11.0. The summed E-state index contributed by atoms with van der Waals surface area (Å²) < 4.78 is 16.7. The normalized spacial score (nSPS) is 30.0. The van der Waals surface area contributed by atoms with Crippen molar-refractivity contribution in [2.75, 3.05) is 0 Å². The van der Waals surface area contributed by atoms with Crippen LogP contribution in [0.15, 0.2) is 11.3 Å². The molecule has 0 saturated carbocycles. The Labute approximate surface area is 107 Å². The van der Waals surface area contributed by atoms with Crippen LogP contribution in [0.4, 0.5) is 0 Å². The molecule has 2 aliphatic rings. The first kappa shape index (κ1) is 13.0. The Hall–Kier alpha value is -1.47. The summed E-state index contributed by atoms with van der Waals surface area (Å²) in [7, 11) is 0. The van der Waals surface area contributed by atoms with Gasteiger partial charge in [-0.1, -0.05) is 0 Å². The number of esters is 1. The van der Waals surface area contributed by atoms with Gasteiger partial charge < -0.3 is 14.2 Å². The second-order valence-corrected chi connectivity index (χ2v) is 5.11. The van der Waals surface area contributed by atoms with E-state index in [1.165, 1.54) is 0 Å². The SMILES string of the molecule is C#CCC[C@@H]1O[C@H](C)CC2=C1C(=O)OC(C)(C)O2. The third kappa shape index (κ3) is 2.51. The van der Waals surface area contributed by atoms with Gasteiger partial charge in [0, 0.05) is 26.7 Å². The van der Waals surface area contributed by atoms with E-state index < -0.39 is 5.79 Å². The summed E-state index contributed by atoms with van der Waals surface area (Å²) in [6.07, 6.45) is 6.73. The summed E-state index contributed by atoms with van der Waals surface area (Å²) in [4.78, 5) is 12.0. The molecule has 2 heterocycles. The number of cyclic esters (lactones) is 1. The molecule has 0 aliphatic carbocycles. The molecular weight excluding hydrogens is 232 g/mol. The maximum Gasteiger partial charge on any atom is 0.343 e. The standard InChI is InChI=1S/C14H18O4/c1-5-6-7-10-12-11(8-9(2)16-10)17-14(3,4)18-13(12)15/h1,9-10H,6-8H2,2-4H3/t9-,10+/m1/s1. The highest BCUT2D eigenvalue weighted by Gasteiger charge is 2.42. The summed E-state index contributed by atoms with van der Waals surface area (Å²) >= 11 is 0. The first-order valence-electron chi connectivity index (χ1n) is 6.17. The Morgan fingerprint density at radius 2 is 2.17 bits per heavy atom. The predicted molar refractivity (Wildman–Crippen MR) is 65.3 cm³/mol. The number of carbonyl (C=O) groups excluding carboxylic acids is 1. The summed E-state index contributed by atoms with van der Waals surface area (Å²) in [5.74, 6) is 2.00. The van der Waals surface area contributed by atoms with Crippen LogP contribution in [0.3, 0.4) is 0 Å². The third-order valence-corrected chi connectivity index (χ3v) is 2.97. The average Bonchev–Trinajstić information content (AvgIpc) is 2.22. The summed E-state index contributed by atoms with van der Waals surface area (Å²) in [6, 6.07) is 0. The molecule has 4 heteroatoms. The minimum Gasteiger partial charge on any atom is -0.456 e. The van der Waals surface area contributed by atoms with Crippen LogP contribution < -0.4 is 0 Å². The molecule has 2 rings (SSSR count). The molecule has 0 bridgehead atoms. The van der Waals surface area contributed by atoms with Crippen LogP contribution in [-0.4, -0.2) is 24.0 Å². The molecule has 0 saturated heterocycles. The van der Waals surface area contributed by atoms with Gasteiger partial charge in [0.15, 0.2) is 0 Å². The minimum absolute atomic E-state index is 0.0215. The van der Waals surface area contributed by atoms with Crippen molar-refractivity contribution in [2.45, 2.75) is 58.0 Å². The molecule has 0 aromatic rings. The molecule has 0 aromatic heterocycles. The lowest BCUT2D eigenvalue weighted by Crippen LogP contribution is -2.44. The van der Waals surface area contributed by atoms with E-state index in [0.29, 0.717) is 30.6 Å². The number of ether oxygens (including phenoxy) is 3. The molecule has 0 amide bonds. The highest BCUT2D eigenvalue weighted by Crippen LogP contribution is 2.36. The molecule has 0 fully saturated rings. The molecule has 98 valence electrons. The van der Waals surface area contributed by atoms with Crippen molar-refractivity contribution in [1.82, 2.24) is 0 Å². The van der Waals surface area contributed by atoms with Crippen LogP contribution in [-0.2, 0) is 19.0 Å². The van der Waals surface area contributed by atoms with Gasteiger partial charge in [0.1, 0.15) is 11.3 Å². The average molecular weight is 250 g/mol. The van der Waals surface area contributed by atoms with Gasteiger partial charge in [-0.25, -0.2) is 4.79 Å². The summed E-state index contributed by atoms with van der Waals surface area (Å²) in [6.45, 7) is 5.42. The van der Waals surface area contributed by atoms with E-state index in [9.17, 15) is 4.79 Å². The van der Waals surface area contributed by atoms with E-state index in [2.05, 4.69) is 5.92 Å². The largest absolute Gasteiger partial charge is 0.456 e. The molecular formula is C14H18O4. The lowest BCUT2D eigenvalue weighted by Gasteiger charge is -2.39. The van der Waals surface area contributed by atoms with Crippen LogP contribution in [0, 0.1) is 12.3 Å². The van der Waals surface area contributed by atoms with Crippen molar-refractivity contribution >= 4 is 5.97 Å². The van der Waals surface area contributed by atoms with E-state index in [0.717, 1.165) is 0 Å². The fourth-order valence-electron chi connectivity index (χ4n) is 2.31. The quantitative estimate of drug-likeness (QED) is 0.556. The molecule has 18 heavy (non-hydrogen) atoms. The molecule has 0 spiro atoms. The molecule has 0 N–H and O–H groups in total. The summed E-state index contributed by atoms with van der Waals surface area (Å²) in [5.41, 5.74) is 0.502. The second kappa shape index (κ2) is 4.66. The van der Waals surface area contributed by atoms with Gasteiger partial charge in [-0.05, 0) is 13.3 Å². The molecule has 0 unspecified atom stereocenters. The Bertz CT molecular complexity index is 428. The van der Waals surface area contributed by atoms with E-state index in [4.69, 9.17) is 20.6 Å². The number of rotatable bonds is 2. The fourth-order valence-corrected chi connectivity index (χ4v) is 2.31. The van der Waals surface area contributed by atoms with E-state index in [1.54, 1.807) is 13.8 Å². The number of terminal acetylenes is 1. The number of carbonyl (C=O) groups is 1. The second-order valence-electron chi connectivity index (χ2n) is 5.11. The summed E-state index contributed by atoms with van der Waals surface area (Å²) in [5, 5.41) is 0. The maximum atomic E-state index is 12.0. The van der Waals surface area contributed by atoms with Gasteiger partial charge in [0.05, 0.1) is 12.2 Å². The number of hydrogen-bond acceptors (Lipinski definition) is 4. The molecule has 0 radical (unpaired) electrons. The van der Waals surface area contributed by atoms with Gasteiger partial charge >= 0.3 is 5.97 Å². The van der Waals surface area contributed by atoms with Crippen molar-refractivity contribution in [2.24, 2.45) is 0 Å². The highest BCUT2D eigenvalue weighted by molar-refractivity contribution is 5.91. The zero-order valence-electron chi connectivity index (χ0n) is 11.0. The monoisotopic (exact) mass is 250 g/mol. The van der Waals surface area contributed by atoms with Gasteiger partial charge in [0.25, 0.3) is 0 Å². The lowest BCUT2D eigenvalue weighted by atomic mass is 9.96. The Morgan fingerprint density at radius 1 is 1.44 bits per heavy atom. The Kier molecular flexibility index (Phi) is 3.36. The van der Waals surface area contributed by atoms with E-state index in [-0.39, 0.29) is 18.2 Å². The van der Waals surface area contributed by atoms with Gasteiger partial charge in [0.2, 0.25) is 5.79 Å². The van der Waals surface area contributed by atoms with E-state index in [1.807, 2.05) is 6.92 Å². The van der Waals surface area contributed by atoms with Crippen molar-refractivity contribution < 1.29 is 19.0 Å². The van der Waals surface area contributed by atoms with Crippen molar-refractivity contribution in [1.29, 1.82) is 0 Å². The van der Waals surface area contributed by atoms with Crippen LogP contribution in [0.1, 0.15) is 40.0 Å². The zero-order chi connectivity index (χ0) is 13.3. The molecule has 4 nitrogen and oxygen atoms in total. The van der Waals surface area contributed by atoms with Crippen molar-refractivity contribution in [3.05, 3.63) is 11.3 Å². The lowest BCUT2D eigenvalue weighted by molar-refractivity contribution is -0.216. The maximum absolute atomic E-state index is 12.0. The predicted octanol–water partition coefficient (Wildman–Crippen LogP) is 2.14. The van der Waals surface area contributed by atoms with Crippen LogP contribution >= 0.6 is 0 Å². The van der Waals surface area contributed by atoms with Gasteiger partial charge in [-0.2, -0.15) is 0 Å². The van der Waals surface area contributed by atoms with Gasteiger partial charge in [-0.3, -0.25) is 0 Å². The molecule has 2 atom stereocenters. The van der Waals surface area contributed by atoms with E-state index >= 15 is 0 Å². The third-order valence-electron chi connectivity index (χ3n) is 2.97. The smallest absolute Gasteiger partial charge is 0.343 e. The minimum atomic E-state index is -0.899. The van der Waals surface area contributed by atoms with Gasteiger partial charge in [-0.15, -0.1) is 12.3 Å². The van der Waals surface area contributed by atoms with Crippen LogP contribution in [0.2, 0.25) is 0 Å². The first-order valence-corrected chi connectivity index (χ1v) is 6.17. The molecule has 0 aromatic carbocycles. The highest BCUT2D eigenvalue weighted by atomic mass is 16.7.